The Kier molecular flexibility index (Phi) is 8.78. The molecule has 1 aliphatic heterocycles. The van der Waals surface area contributed by atoms with Gasteiger partial charge in [0.15, 0.2) is 5.96 Å². The van der Waals surface area contributed by atoms with E-state index in [1.165, 1.54) is 5.56 Å². The molecule has 1 saturated heterocycles. The first-order valence-electron chi connectivity index (χ1n) is 10.8. The van der Waals surface area contributed by atoms with Crippen molar-refractivity contribution in [3.05, 3.63) is 54.2 Å². The van der Waals surface area contributed by atoms with Crippen molar-refractivity contribution in [3.8, 4) is 5.75 Å². The molecule has 7 heteroatoms. The van der Waals surface area contributed by atoms with Crippen molar-refractivity contribution in [2.45, 2.75) is 19.9 Å². The van der Waals surface area contributed by atoms with Crippen molar-refractivity contribution < 1.29 is 4.74 Å². The number of piperazine rings is 1. The van der Waals surface area contributed by atoms with Gasteiger partial charge in [-0.15, -0.1) is 0 Å². The molecule has 0 amide bonds. The van der Waals surface area contributed by atoms with E-state index in [4.69, 9.17) is 4.74 Å². The summed E-state index contributed by atoms with van der Waals surface area (Å²) in [7, 11) is 1.79. The molecule has 0 unspecified atom stereocenters. The standard InChI is InChI=1S/C23H34N6O/c1-3-28-13-15-29(16-14-28)22-18-20(10-12-25-22)19-27-23(24-2)26-11-7-17-30-21-8-5-4-6-9-21/h4-6,8-10,12,18H,3,7,11,13-17,19H2,1-2H3,(H2,24,26,27). The number of hydrogen-bond acceptors (Lipinski definition) is 5. The molecular formula is C23H34N6O. The minimum atomic E-state index is 0.674. The Morgan fingerprint density at radius 2 is 1.90 bits per heavy atom. The molecule has 30 heavy (non-hydrogen) atoms. The van der Waals surface area contributed by atoms with Crippen molar-refractivity contribution in [1.29, 1.82) is 0 Å². The van der Waals surface area contributed by atoms with E-state index >= 15 is 0 Å². The van der Waals surface area contributed by atoms with Gasteiger partial charge in [0.25, 0.3) is 0 Å². The van der Waals surface area contributed by atoms with Gasteiger partial charge in [-0.05, 0) is 42.8 Å². The maximum Gasteiger partial charge on any atom is 0.191 e. The molecule has 162 valence electrons. The Morgan fingerprint density at radius 1 is 1.10 bits per heavy atom. The summed E-state index contributed by atoms with van der Waals surface area (Å²) in [5, 5.41) is 6.73. The second-order valence-electron chi connectivity index (χ2n) is 7.31. The highest BCUT2D eigenvalue weighted by atomic mass is 16.5. The number of aromatic nitrogens is 1. The number of guanidine groups is 1. The number of ether oxygens (including phenoxy) is 1. The number of nitrogens with one attached hydrogen (secondary N) is 2. The second kappa shape index (κ2) is 12.0. The van der Waals surface area contributed by atoms with E-state index in [0.717, 1.165) is 63.2 Å². The molecule has 0 saturated carbocycles. The third kappa shape index (κ3) is 6.91. The molecule has 0 atom stereocenters. The van der Waals surface area contributed by atoms with Crippen LogP contribution in [0, 0.1) is 0 Å². The van der Waals surface area contributed by atoms with E-state index in [0.29, 0.717) is 13.2 Å². The number of anilines is 1. The normalized spacial score (nSPS) is 15.1. The fraction of sp³-hybridized carbons (Fsp3) is 0.478. The van der Waals surface area contributed by atoms with E-state index in [9.17, 15) is 0 Å². The number of hydrogen-bond donors (Lipinski definition) is 2. The smallest absolute Gasteiger partial charge is 0.191 e. The molecule has 2 N–H and O–H groups in total. The van der Waals surface area contributed by atoms with E-state index in [-0.39, 0.29) is 0 Å². The minimum absolute atomic E-state index is 0.674. The summed E-state index contributed by atoms with van der Waals surface area (Å²) in [5.74, 6) is 2.76. The van der Waals surface area contributed by atoms with Crippen LogP contribution in [0.4, 0.5) is 5.82 Å². The molecule has 7 nitrogen and oxygen atoms in total. The molecule has 1 aromatic carbocycles. The van der Waals surface area contributed by atoms with Crippen molar-refractivity contribution in [3.63, 3.8) is 0 Å². The van der Waals surface area contributed by atoms with E-state index < -0.39 is 0 Å². The highest BCUT2D eigenvalue weighted by molar-refractivity contribution is 5.79. The second-order valence-corrected chi connectivity index (χ2v) is 7.31. The van der Waals surface area contributed by atoms with Crippen LogP contribution in [-0.4, -0.2) is 68.8 Å². The molecule has 0 aliphatic carbocycles. The largest absolute Gasteiger partial charge is 0.494 e. The van der Waals surface area contributed by atoms with Crippen LogP contribution in [0.3, 0.4) is 0 Å². The summed E-state index contributed by atoms with van der Waals surface area (Å²) < 4.78 is 5.72. The van der Waals surface area contributed by atoms with Gasteiger partial charge in [-0.25, -0.2) is 4.98 Å². The van der Waals surface area contributed by atoms with Crippen molar-refractivity contribution in [1.82, 2.24) is 20.5 Å². The Labute approximate surface area is 180 Å². The quantitative estimate of drug-likeness (QED) is 0.376. The number of aliphatic imine (C=N–C) groups is 1. The predicted octanol–water partition coefficient (Wildman–Crippen LogP) is 2.36. The zero-order valence-electron chi connectivity index (χ0n) is 18.2. The lowest BCUT2D eigenvalue weighted by molar-refractivity contribution is 0.270. The number of para-hydroxylation sites is 1. The van der Waals surface area contributed by atoms with Gasteiger partial charge in [-0.3, -0.25) is 4.99 Å². The average Bonchev–Trinajstić information content (AvgIpc) is 2.82. The summed E-state index contributed by atoms with van der Waals surface area (Å²) in [6, 6.07) is 14.1. The first-order valence-corrected chi connectivity index (χ1v) is 10.8. The van der Waals surface area contributed by atoms with Crippen LogP contribution in [0.15, 0.2) is 53.7 Å². The molecule has 0 bridgehead atoms. The minimum Gasteiger partial charge on any atom is -0.494 e. The first kappa shape index (κ1) is 21.9. The number of pyridine rings is 1. The van der Waals surface area contributed by atoms with Gasteiger partial charge in [0.1, 0.15) is 11.6 Å². The number of benzene rings is 1. The summed E-state index contributed by atoms with van der Waals surface area (Å²) in [4.78, 5) is 13.7. The molecular weight excluding hydrogens is 376 g/mol. The fourth-order valence-electron chi connectivity index (χ4n) is 3.43. The van der Waals surface area contributed by atoms with Crippen LogP contribution in [0.1, 0.15) is 18.9 Å². The Bertz CT molecular complexity index is 774. The van der Waals surface area contributed by atoms with Crippen LogP contribution in [0.25, 0.3) is 0 Å². The van der Waals surface area contributed by atoms with Gasteiger partial charge in [0.05, 0.1) is 6.61 Å². The van der Waals surface area contributed by atoms with Crippen LogP contribution in [0.2, 0.25) is 0 Å². The number of likely N-dealkylation sites (N-methyl/N-ethyl adjacent to an activating group) is 1. The van der Waals surface area contributed by atoms with E-state index in [2.05, 4.69) is 49.5 Å². The molecule has 1 aromatic heterocycles. The third-order valence-corrected chi connectivity index (χ3v) is 5.26. The Morgan fingerprint density at radius 3 is 2.63 bits per heavy atom. The van der Waals surface area contributed by atoms with Gasteiger partial charge in [0.2, 0.25) is 0 Å². The highest BCUT2D eigenvalue weighted by Gasteiger charge is 2.16. The molecule has 1 aliphatic rings. The van der Waals surface area contributed by atoms with Crippen LogP contribution in [-0.2, 0) is 6.54 Å². The molecule has 2 aromatic rings. The molecule has 2 heterocycles. The molecule has 0 radical (unpaired) electrons. The SMILES string of the molecule is CCN1CCN(c2cc(CNC(=NC)NCCCOc3ccccc3)ccn2)CC1. The third-order valence-electron chi connectivity index (χ3n) is 5.26. The van der Waals surface area contributed by atoms with Crippen LogP contribution >= 0.6 is 0 Å². The fourth-order valence-corrected chi connectivity index (χ4v) is 3.43. The van der Waals surface area contributed by atoms with E-state index in [1.807, 2.05) is 36.5 Å². The van der Waals surface area contributed by atoms with E-state index in [1.54, 1.807) is 7.05 Å². The zero-order valence-corrected chi connectivity index (χ0v) is 18.2. The lowest BCUT2D eigenvalue weighted by Gasteiger charge is -2.34. The van der Waals surface area contributed by atoms with Gasteiger partial charge >= 0.3 is 0 Å². The average molecular weight is 411 g/mol. The van der Waals surface area contributed by atoms with Gasteiger partial charge in [-0.1, -0.05) is 25.1 Å². The predicted molar refractivity (Wildman–Crippen MR) is 123 cm³/mol. The van der Waals surface area contributed by atoms with Gasteiger partial charge in [-0.2, -0.15) is 0 Å². The van der Waals surface area contributed by atoms with Crippen LogP contribution in [0.5, 0.6) is 5.75 Å². The Hall–Kier alpha value is -2.80. The lowest BCUT2D eigenvalue weighted by atomic mass is 10.2. The summed E-state index contributed by atoms with van der Waals surface area (Å²) in [5.41, 5.74) is 1.20. The first-order chi connectivity index (χ1) is 14.8. The highest BCUT2D eigenvalue weighted by Crippen LogP contribution is 2.15. The maximum absolute atomic E-state index is 5.72. The van der Waals surface area contributed by atoms with Crippen molar-refractivity contribution in [2.24, 2.45) is 4.99 Å². The number of rotatable bonds is 9. The molecule has 0 spiro atoms. The number of nitrogens with zero attached hydrogens (tertiary/aromatic N) is 4. The van der Waals surface area contributed by atoms with Crippen LogP contribution < -0.4 is 20.3 Å². The van der Waals surface area contributed by atoms with Gasteiger partial charge < -0.3 is 25.2 Å². The Balaban J connectivity index is 1.38. The molecule has 3 rings (SSSR count). The summed E-state index contributed by atoms with van der Waals surface area (Å²) in [6.07, 6.45) is 2.80. The van der Waals surface area contributed by atoms with Crippen molar-refractivity contribution >= 4 is 11.8 Å². The zero-order chi connectivity index (χ0) is 21.0. The monoisotopic (exact) mass is 410 g/mol. The lowest BCUT2D eigenvalue weighted by Crippen LogP contribution is -2.46. The maximum atomic E-state index is 5.72. The molecule has 1 fully saturated rings. The van der Waals surface area contributed by atoms with Gasteiger partial charge in [0, 0.05) is 52.5 Å². The van der Waals surface area contributed by atoms with Crippen molar-refractivity contribution in [2.75, 3.05) is 57.8 Å². The topological polar surface area (TPSA) is 65.0 Å². The summed E-state index contributed by atoms with van der Waals surface area (Å²) in [6.45, 7) is 9.80. The summed E-state index contributed by atoms with van der Waals surface area (Å²) >= 11 is 0.